The van der Waals surface area contributed by atoms with Crippen LogP contribution in [-0.4, -0.2) is 12.0 Å². The van der Waals surface area contributed by atoms with Crippen molar-refractivity contribution in [3.63, 3.8) is 0 Å². The third kappa shape index (κ3) is 3.06. The van der Waals surface area contributed by atoms with E-state index in [2.05, 4.69) is 10.3 Å². The molecule has 1 unspecified atom stereocenters. The Morgan fingerprint density at radius 2 is 2.22 bits per heavy atom. The second-order valence-corrected chi connectivity index (χ2v) is 4.49. The number of benzene rings is 1. The van der Waals surface area contributed by atoms with Crippen LogP contribution in [-0.2, 0) is 6.42 Å². The van der Waals surface area contributed by atoms with Gasteiger partial charge in [0, 0.05) is 18.4 Å². The third-order valence-corrected chi connectivity index (χ3v) is 3.15. The normalized spacial score (nSPS) is 12.4. The molecule has 4 heteroatoms. The molecule has 18 heavy (non-hydrogen) atoms. The molecule has 0 saturated heterocycles. The molecule has 2 nitrogen and oxygen atoms in total. The topological polar surface area (TPSA) is 24.9 Å². The number of nitrogens with one attached hydrogen (secondary N) is 1. The Balaban J connectivity index is 2.18. The first-order chi connectivity index (χ1) is 8.70. The van der Waals surface area contributed by atoms with Crippen LogP contribution in [0.15, 0.2) is 42.7 Å². The first-order valence-electron chi connectivity index (χ1n) is 5.72. The number of nitrogens with zero attached hydrogens (tertiary/aromatic N) is 1. The summed E-state index contributed by atoms with van der Waals surface area (Å²) in [5, 5.41) is 3.38. The van der Waals surface area contributed by atoms with Crippen molar-refractivity contribution in [2.45, 2.75) is 12.5 Å². The van der Waals surface area contributed by atoms with Gasteiger partial charge in [-0.2, -0.15) is 0 Å². The molecule has 0 amide bonds. The highest BCUT2D eigenvalue weighted by molar-refractivity contribution is 6.30. The Labute approximate surface area is 111 Å². The highest BCUT2D eigenvalue weighted by atomic mass is 35.5. The van der Waals surface area contributed by atoms with Crippen molar-refractivity contribution in [2.24, 2.45) is 0 Å². The molecule has 1 aromatic carbocycles. The summed E-state index contributed by atoms with van der Waals surface area (Å²) in [4.78, 5) is 4.10. The lowest BCUT2D eigenvalue weighted by atomic mass is 10.0. The molecule has 0 aliphatic carbocycles. The van der Waals surface area contributed by atoms with E-state index in [-0.39, 0.29) is 16.9 Å². The number of aromatic nitrogens is 1. The molecule has 2 rings (SSSR count). The Bertz CT molecular complexity index is 516. The summed E-state index contributed by atoms with van der Waals surface area (Å²) in [6, 6.07) is 8.87. The smallest absolute Gasteiger partial charge is 0.141 e. The minimum Gasteiger partial charge on any atom is -0.313 e. The fourth-order valence-corrected chi connectivity index (χ4v) is 2.07. The van der Waals surface area contributed by atoms with Crippen LogP contribution in [0.3, 0.4) is 0 Å². The van der Waals surface area contributed by atoms with Gasteiger partial charge < -0.3 is 5.32 Å². The molecule has 0 spiro atoms. The molecule has 1 atom stereocenters. The first kappa shape index (κ1) is 13.0. The van der Waals surface area contributed by atoms with Crippen LogP contribution in [0.2, 0.25) is 5.02 Å². The molecule has 0 aliphatic heterocycles. The first-order valence-corrected chi connectivity index (χ1v) is 6.09. The van der Waals surface area contributed by atoms with Crippen molar-refractivity contribution in [1.29, 1.82) is 0 Å². The molecule has 1 aromatic heterocycles. The van der Waals surface area contributed by atoms with E-state index in [1.54, 1.807) is 18.3 Å². The van der Waals surface area contributed by atoms with Crippen molar-refractivity contribution >= 4 is 11.6 Å². The molecule has 0 aliphatic rings. The molecule has 0 radical (unpaired) electrons. The van der Waals surface area contributed by atoms with Crippen LogP contribution in [0.4, 0.5) is 4.39 Å². The van der Waals surface area contributed by atoms with Gasteiger partial charge in [0.2, 0.25) is 0 Å². The van der Waals surface area contributed by atoms with E-state index in [1.165, 1.54) is 6.07 Å². The van der Waals surface area contributed by atoms with Gasteiger partial charge in [0.1, 0.15) is 5.82 Å². The van der Waals surface area contributed by atoms with Crippen molar-refractivity contribution in [2.75, 3.05) is 7.05 Å². The maximum atomic E-state index is 13.1. The van der Waals surface area contributed by atoms with Gasteiger partial charge in [-0.1, -0.05) is 23.7 Å². The van der Waals surface area contributed by atoms with Crippen molar-refractivity contribution in [3.8, 4) is 0 Å². The van der Waals surface area contributed by atoms with Gasteiger partial charge in [-0.25, -0.2) is 4.39 Å². The predicted octanol–water partition coefficient (Wildman–Crippen LogP) is 3.38. The van der Waals surface area contributed by atoms with Crippen LogP contribution < -0.4 is 5.32 Å². The van der Waals surface area contributed by atoms with Gasteiger partial charge in [-0.05, 0) is 42.8 Å². The number of rotatable bonds is 4. The molecule has 94 valence electrons. The average molecular weight is 265 g/mol. The number of pyridine rings is 1. The number of hydrogen-bond donors (Lipinski definition) is 1. The maximum absolute atomic E-state index is 13.1. The molecule has 0 bridgehead atoms. The molecule has 1 N–H and O–H groups in total. The van der Waals surface area contributed by atoms with Crippen LogP contribution in [0.5, 0.6) is 0 Å². The summed E-state index contributed by atoms with van der Waals surface area (Å²) in [5.41, 5.74) is 2.09. The zero-order chi connectivity index (χ0) is 13.0. The van der Waals surface area contributed by atoms with E-state index in [4.69, 9.17) is 11.6 Å². The highest BCUT2D eigenvalue weighted by Gasteiger charge is 2.11. The Morgan fingerprint density at radius 3 is 2.83 bits per heavy atom. The second kappa shape index (κ2) is 5.94. The number of halogens is 2. The predicted molar refractivity (Wildman–Crippen MR) is 71.2 cm³/mol. The molecular weight excluding hydrogens is 251 g/mol. The maximum Gasteiger partial charge on any atom is 0.141 e. The van der Waals surface area contributed by atoms with Crippen LogP contribution >= 0.6 is 11.6 Å². The molecule has 1 heterocycles. The van der Waals surface area contributed by atoms with Gasteiger partial charge in [0.25, 0.3) is 0 Å². The molecular formula is C14H14ClFN2. The van der Waals surface area contributed by atoms with Crippen molar-refractivity contribution in [1.82, 2.24) is 10.3 Å². The summed E-state index contributed by atoms with van der Waals surface area (Å²) in [7, 11) is 1.89. The lowest BCUT2D eigenvalue weighted by Gasteiger charge is -2.16. The van der Waals surface area contributed by atoms with Crippen LogP contribution in [0.25, 0.3) is 0 Å². The van der Waals surface area contributed by atoms with Crippen molar-refractivity contribution < 1.29 is 4.39 Å². The molecule has 0 saturated carbocycles. The van der Waals surface area contributed by atoms with Gasteiger partial charge in [-0.3, -0.25) is 4.98 Å². The summed E-state index contributed by atoms with van der Waals surface area (Å²) in [6.07, 6.45) is 4.31. The summed E-state index contributed by atoms with van der Waals surface area (Å²) >= 11 is 5.78. The zero-order valence-electron chi connectivity index (χ0n) is 10.0. The summed E-state index contributed by atoms with van der Waals surface area (Å²) in [6.45, 7) is 0. The van der Waals surface area contributed by atoms with E-state index in [1.807, 2.05) is 25.4 Å². The van der Waals surface area contributed by atoms with E-state index in [0.29, 0.717) is 0 Å². The van der Waals surface area contributed by atoms with E-state index in [9.17, 15) is 4.39 Å². The van der Waals surface area contributed by atoms with Gasteiger partial charge in [0.15, 0.2) is 0 Å². The van der Waals surface area contributed by atoms with Crippen molar-refractivity contribution in [3.05, 3.63) is 64.7 Å². The molecule has 2 aromatic rings. The fourth-order valence-electron chi connectivity index (χ4n) is 1.87. The minimum atomic E-state index is -0.386. The lowest BCUT2D eigenvalue weighted by Crippen LogP contribution is -2.19. The Morgan fingerprint density at radius 1 is 1.39 bits per heavy atom. The van der Waals surface area contributed by atoms with Gasteiger partial charge >= 0.3 is 0 Å². The SMILES string of the molecule is CNC(Cc1ccc(F)c(Cl)c1)c1cccnc1. The van der Waals surface area contributed by atoms with E-state index < -0.39 is 0 Å². The highest BCUT2D eigenvalue weighted by Crippen LogP contribution is 2.21. The van der Waals surface area contributed by atoms with E-state index >= 15 is 0 Å². The second-order valence-electron chi connectivity index (χ2n) is 4.08. The Hall–Kier alpha value is -1.45. The third-order valence-electron chi connectivity index (χ3n) is 2.86. The summed E-state index contributed by atoms with van der Waals surface area (Å²) in [5.74, 6) is -0.386. The van der Waals surface area contributed by atoms with Crippen LogP contribution in [0, 0.1) is 5.82 Å². The standard InChI is InChI=1S/C14H14ClFN2/c1-17-14(11-3-2-6-18-9-11)8-10-4-5-13(16)12(15)7-10/h2-7,9,14,17H,8H2,1H3. The number of hydrogen-bond acceptors (Lipinski definition) is 2. The minimum absolute atomic E-state index is 0.139. The lowest BCUT2D eigenvalue weighted by molar-refractivity contribution is 0.587. The van der Waals surface area contributed by atoms with Crippen LogP contribution in [0.1, 0.15) is 17.2 Å². The monoisotopic (exact) mass is 264 g/mol. The zero-order valence-corrected chi connectivity index (χ0v) is 10.8. The van der Waals surface area contributed by atoms with E-state index in [0.717, 1.165) is 17.5 Å². The quantitative estimate of drug-likeness (QED) is 0.916. The largest absolute Gasteiger partial charge is 0.313 e. The van der Waals surface area contributed by atoms with Gasteiger partial charge in [0.05, 0.1) is 5.02 Å². The average Bonchev–Trinajstić information content (AvgIpc) is 2.41. The molecule has 0 fully saturated rings. The Kier molecular flexibility index (Phi) is 4.28. The number of likely N-dealkylation sites (N-methyl/N-ethyl adjacent to an activating group) is 1. The fraction of sp³-hybridized carbons (Fsp3) is 0.214. The summed E-state index contributed by atoms with van der Waals surface area (Å²) < 4.78 is 13.1. The van der Waals surface area contributed by atoms with Gasteiger partial charge in [-0.15, -0.1) is 0 Å².